The number of benzene rings is 2. The number of H-pyrrole nitrogens is 1. The fourth-order valence-electron chi connectivity index (χ4n) is 2.67. The average molecular weight is 387 g/mol. The number of sulfonamides is 1. The normalized spacial score (nSPS) is 11.2. The molecule has 1 heterocycles. The van der Waals surface area contributed by atoms with Crippen molar-refractivity contribution in [1.29, 1.82) is 0 Å². The van der Waals surface area contributed by atoms with Crippen LogP contribution in [0.2, 0.25) is 0 Å². The lowest BCUT2D eigenvalue weighted by Crippen LogP contribution is -2.15. The third-order valence-corrected chi connectivity index (χ3v) is 5.45. The standard InChI is InChI=1S/C19H21N3O4S/c1-4-25-15-9-11-16(12-10-15)26-18-8-6-5-7-17(18)22-27(23,24)19-13(2)20-21-14(19)3/h5-12,22H,4H2,1-3H3,(H,20,21). The van der Waals surface area contributed by atoms with Crippen molar-refractivity contribution in [2.75, 3.05) is 11.3 Å². The number of para-hydroxylation sites is 2. The van der Waals surface area contributed by atoms with Crippen LogP contribution in [0.1, 0.15) is 18.3 Å². The van der Waals surface area contributed by atoms with Crippen molar-refractivity contribution >= 4 is 15.7 Å². The summed E-state index contributed by atoms with van der Waals surface area (Å²) in [5, 5.41) is 6.64. The molecule has 2 N–H and O–H groups in total. The number of hydrogen-bond acceptors (Lipinski definition) is 5. The molecule has 0 saturated carbocycles. The third kappa shape index (κ3) is 4.22. The summed E-state index contributed by atoms with van der Waals surface area (Å²) in [5.41, 5.74) is 1.22. The second-order valence-corrected chi connectivity index (χ2v) is 7.49. The number of hydrogen-bond donors (Lipinski definition) is 2. The highest BCUT2D eigenvalue weighted by Gasteiger charge is 2.23. The zero-order valence-electron chi connectivity index (χ0n) is 15.3. The molecule has 0 unspecified atom stereocenters. The molecule has 0 aliphatic rings. The summed E-state index contributed by atoms with van der Waals surface area (Å²) < 4.78 is 39.4. The van der Waals surface area contributed by atoms with Crippen LogP contribution in [0.15, 0.2) is 53.4 Å². The molecule has 3 rings (SSSR count). The number of aromatic amines is 1. The lowest BCUT2D eigenvalue weighted by molar-refractivity contribution is 0.339. The molecule has 0 fully saturated rings. The Hall–Kier alpha value is -3.00. The van der Waals surface area contributed by atoms with E-state index in [2.05, 4.69) is 14.9 Å². The van der Waals surface area contributed by atoms with Gasteiger partial charge in [0.25, 0.3) is 10.0 Å². The van der Waals surface area contributed by atoms with E-state index in [4.69, 9.17) is 9.47 Å². The second-order valence-electron chi connectivity index (χ2n) is 5.87. The van der Waals surface area contributed by atoms with Crippen molar-refractivity contribution in [3.63, 3.8) is 0 Å². The Morgan fingerprint density at radius 3 is 2.33 bits per heavy atom. The SMILES string of the molecule is CCOc1ccc(Oc2ccccc2NS(=O)(=O)c2c(C)n[nH]c2C)cc1. The lowest BCUT2D eigenvalue weighted by Gasteiger charge is -2.14. The van der Waals surface area contributed by atoms with E-state index in [0.29, 0.717) is 35.2 Å². The maximum atomic E-state index is 12.8. The molecule has 0 bridgehead atoms. The molecule has 0 radical (unpaired) electrons. The molecule has 0 aliphatic heterocycles. The summed E-state index contributed by atoms with van der Waals surface area (Å²) in [6, 6.07) is 14.0. The van der Waals surface area contributed by atoms with Gasteiger partial charge in [-0.2, -0.15) is 5.10 Å². The smallest absolute Gasteiger partial charge is 0.265 e. The number of ether oxygens (including phenoxy) is 2. The van der Waals surface area contributed by atoms with Crippen molar-refractivity contribution in [1.82, 2.24) is 10.2 Å². The first-order valence-corrected chi connectivity index (χ1v) is 9.93. The van der Waals surface area contributed by atoms with Gasteiger partial charge in [-0.3, -0.25) is 9.82 Å². The number of aryl methyl sites for hydroxylation is 2. The molecular formula is C19H21N3O4S. The van der Waals surface area contributed by atoms with Crippen LogP contribution < -0.4 is 14.2 Å². The highest BCUT2D eigenvalue weighted by Crippen LogP contribution is 2.32. The van der Waals surface area contributed by atoms with Gasteiger partial charge in [-0.15, -0.1) is 0 Å². The molecule has 2 aromatic carbocycles. The summed E-state index contributed by atoms with van der Waals surface area (Å²) in [5.74, 6) is 1.70. The number of anilines is 1. The molecule has 0 amide bonds. The molecule has 0 spiro atoms. The summed E-state index contributed by atoms with van der Waals surface area (Å²) in [6.45, 7) is 5.80. The molecule has 27 heavy (non-hydrogen) atoms. The van der Waals surface area contributed by atoms with Gasteiger partial charge in [-0.05, 0) is 57.2 Å². The minimum Gasteiger partial charge on any atom is -0.494 e. The Balaban J connectivity index is 1.86. The van der Waals surface area contributed by atoms with E-state index in [1.54, 1.807) is 62.4 Å². The fourth-order valence-corrected chi connectivity index (χ4v) is 4.11. The Morgan fingerprint density at radius 1 is 1.04 bits per heavy atom. The largest absolute Gasteiger partial charge is 0.494 e. The van der Waals surface area contributed by atoms with Gasteiger partial charge in [-0.25, -0.2) is 8.42 Å². The zero-order valence-corrected chi connectivity index (χ0v) is 16.1. The molecule has 0 saturated heterocycles. The van der Waals surface area contributed by atoms with Crippen molar-refractivity contribution in [3.05, 3.63) is 59.9 Å². The second kappa shape index (κ2) is 7.71. The first-order chi connectivity index (χ1) is 12.9. The fraction of sp³-hybridized carbons (Fsp3) is 0.211. The topological polar surface area (TPSA) is 93.3 Å². The van der Waals surface area contributed by atoms with Crippen LogP contribution in [0.5, 0.6) is 17.2 Å². The van der Waals surface area contributed by atoms with Crippen LogP contribution in [0.25, 0.3) is 0 Å². The van der Waals surface area contributed by atoms with Crippen molar-refractivity contribution < 1.29 is 17.9 Å². The summed E-state index contributed by atoms with van der Waals surface area (Å²) in [6.07, 6.45) is 0. The Kier molecular flexibility index (Phi) is 5.36. The first kappa shape index (κ1) is 18.8. The lowest BCUT2D eigenvalue weighted by atomic mass is 10.3. The van der Waals surface area contributed by atoms with E-state index in [-0.39, 0.29) is 4.90 Å². The van der Waals surface area contributed by atoms with E-state index in [1.807, 2.05) is 6.92 Å². The molecular weight excluding hydrogens is 366 g/mol. The van der Waals surface area contributed by atoms with Gasteiger partial charge in [0.1, 0.15) is 16.4 Å². The van der Waals surface area contributed by atoms with Gasteiger partial charge >= 0.3 is 0 Å². The number of rotatable bonds is 7. The number of nitrogens with one attached hydrogen (secondary N) is 2. The molecule has 8 heteroatoms. The van der Waals surface area contributed by atoms with Crippen LogP contribution in [-0.2, 0) is 10.0 Å². The van der Waals surface area contributed by atoms with E-state index < -0.39 is 10.0 Å². The Morgan fingerprint density at radius 2 is 1.70 bits per heavy atom. The summed E-state index contributed by atoms with van der Waals surface area (Å²) in [7, 11) is -3.80. The molecule has 142 valence electrons. The van der Waals surface area contributed by atoms with Crippen molar-refractivity contribution in [2.45, 2.75) is 25.7 Å². The molecule has 1 aromatic heterocycles. The molecule has 7 nitrogen and oxygen atoms in total. The minimum absolute atomic E-state index is 0.137. The monoisotopic (exact) mass is 387 g/mol. The van der Waals surface area contributed by atoms with Gasteiger partial charge in [-0.1, -0.05) is 12.1 Å². The maximum Gasteiger partial charge on any atom is 0.265 e. The van der Waals surface area contributed by atoms with Gasteiger partial charge in [0.05, 0.1) is 23.7 Å². The predicted octanol–water partition coefficient (Wildman–Crippen LogP) is 4.02. The molecule has 0 aliphatic carbocycles. The van der Waals surface area contributed by atoms with Crippen LogP contribution in [0.4, 0.5) is 5.69 Å². The highest BCUT2D eigenvalue weighted by atomic mass is 32.2. The van der Waals surface area contributed by atoms with Crippen LogP contribution in [0, 0.1) is 13.8 Å². The zero-order chi connectivity index (χ0) is 19.4. The van der Waals surface area contributed by atoms with Gasteiger partial charge in [0.2, 0.25) is 0 Å². The first-order valence-electron chi connectivity index (χ1n) is 8.45. The third-order valence-electron chi connectivity index (χ3n) is 3.82. The van der Waals surface area contributed by atoms with Gasteiger partial charge < -0.3 is 9.47 Å². The van der Waals surface area contributed by atoms with E-state index in [1.165, 1.54) is 0 Å². The number of aromatic nitrogens is 2. The Bertz CT molecular complexity index is 1010. The van der Waals surface area contributed by atoms with E-state index >= 15 is 0 Å². The summed E-state index contributed by atoms with van der Waals surface area (Å²) >= 11 is 0. The van der Waals surface area contributed by atoms with Crippen LogP contribution in [-0.4, -0.2) is 25.2 Å². The van der Waals surface area contributed by atoms with Crippen molar-refractivity contribution in [3.8, 4) is 17.2 Å². The number of nitrogens with zero attached hydrogens (tertiary/aromatic N) is 1. The Labute approximate surface area is 158 Å². The van der Waals surface area contributed by atoms with Crippen molar-refractivity contribution in [2.24, 2.45) is 0 Å². The van der Waals surface area contributed by atoms with Gasteiger partial charge in [0, 0.05) is 0 Å². The maximum absolute atomic E-state index is 12.8. The van der Waals surface area contributed by atoms with E-state index in [9.17, 15) is 8.42 Å². The van der Waals surface area contributed by atoms with Crippen LogP contribution >= 0.6 is 0 Å². The average Bonchev–Trinajstić information content (AvgIpc) is 2.98. The quantitative estimate of drug-likeness (QED) is 0.639. The minimum atomic E-state index is -3.80. The van der Waals surface area contributed by atoms with E-state index in [0.717, 1.165) is 5.75 Å². The van der Waals surface area contributed by atoms with Gasteiger partial charge in [0.15, 0.2) is 5.75 Å². The molecule has 0 atom stereocenters. The van der Waals surface area contributed by atoms with Crippen LogP contribution in [0.3, 0.4) is 0 Å². The molecule has 3 aromatic rings. The summed E-state index contributed by atoms with van der Waals surface area (Å²) in [4.78, 5) is 0.137. The highest BCUT2D eigenvalue weighted by molar-refractivity contribution is 7.92. The predicted molar refractivity (Wildman–Crippen MR) is 103 cm³/mol.